The van der Waals surface area contributed by atoms with Crippen LogP contribution < -0.4 is 4.90 Å². The van der Waals surface area contributed by atoms with Gasteiger partial charge in [-0.25, -0.2) is 13.2 Å². The number of halogens is 1. The third-order valence-corrected chi connectivity index (χ3v) is 5.75. The predicted octanol–water partition coefficient (Wildman–Crippen LogP) is 1.77. The fraction of sp³-hybridized carbons (Fsp3) is 0.417. The molecule has 0 aliphatic carbocycles. The summed E-state index contributed by atoms with van der Waals surface area (Å²) >= 11 is 3.22. The molecule has 1 aromatic rings. The van der Waals surface area contributed by atoms with Crippen LogP contribution in [0.2, 0.25) is 0 Å². The highest BCUT2D eigenvalue weighted by atomic mass is 79.9. The molecule has 0 saturated carbocycles. The zero-order chi connectivity index (χ0) is 14.2. The van der Waals surface area contributed by atoms with Gasteiger partial charge in [0.1, 0.15) is 0 Å². The smallest absolute Gasteiger partial charge is 0.338 e. The molecule has 0 bridgehead atoms. The van der Waals surface area contributed by atoms with Gasteiger partial charge in [-0.3, -0.25) is 0 Å². The molecule has 1 unspecified atom stereocenters. The summed E-state index contributed by atoms with van der Waals surface area (Å²) in [5, 5.41) is 9.27. The van der Waals surface area contributed by atoms with E-state index < -0.39 is 15.8 Å². The van der Waals surface area contributed by atoms with Crippen molar-refractivity contribution in [1.82, 2.24) is 0 Å². The number of carboxylic acids is 1. The largest absolute Gasteiger partial charge is 0.478 e. The maximum absolute atomic E-state index is 11.5. The van der Waals surface area contributed by atoms with Crippen molar-refractivity contribution < 1.29 is 18.3 Å². The van der Waals surface area contributed by atoms with Gasteiger partial charge in [-0.05, 0) is 34.5 Å². The molecule has 2 rings (SSSR count). The second kappa shape index (κ2) is 5.13. The number of hydrogen-bond acceptors (Lipinski definition) is 4. The molecular weight excluding hydrogens is 334 g/mol. The van der Waals surface area contributed by atoms with Crippen LogP contribution in [-0.4, -0.2) is 44.1 Å². The molecule has 1 heterocycles. The van der Waals surface area contributed by atoms with E-state index in [9.17, 15) is 18.3 Å². The summed E-state index contributed by atoms with van der Waals surface area (Å²) in [6.45, 7) is 0. The van der Waals surface area contributed by atoms with Gasteiger partial charge in [0.05, 0.1) is 22.8 Å². The van der Waals surface area contributed by atoms with Crippen molar-refractivity contribution in [2.45, 2.75) is 12.5 Å². The van der Waals surface area contributed by atoms with Crippen molar-refractivity contribution in [1.29, 1.82) is 0 Å². The molecule has 104 valence electrons. The lowest BCUT2D eigenvalue weighted by atomic mass is 10.1. The Morgan fingerprint density at radius 3 is 2.68 bits per heavy atom. The van der Waals surface area contributed by atoms with Crippen LogP contribution in [0.1, 0.15) is 16.8 Å². The molecule has 1 saturated heterocycles. The second-order valence-electron chi connectivity index (χ2n) is 4.61. The van der Waals surface area contributed by atoms with Gasteiger partial charge < -0.3 is 10.0 Å². The standard InChI is InChI=1S/C12H14BrNO4S/c1-14(8-5-6-19(17,18)7-8)10-4-2-3-9(13)11(10)12(15)16/h2-4,8H,5-7H2,1H3,(H,15,16). The maximum Gasteiger partial charge on any atom is 0.338 e. The molecule has 7 heteroatoms. The number of carbonyl (C=O) groups is 1. The average molecular weight is 348 g/mol. The Kier molecular flexibility index (Phi) is 3.87. The average Bonchev–Trinajstić information content (AvgIpc) is 2.68. The summed E-state index contributed by atoms with van der Waals surface area (Å²) in [5.74, 6) is -0.789. The van der Waals surface area contributed by atoms with Crippen molar-refractivity contribution >= 4 is 37.4 Å². The van der Waals surface area contributed by atoms with Crippen LogP contribution in [0.5, 0.6) is 0 Å². The lowest BCUT2D eigenvalue weighted by molar-refractivity contribution is 0.0696. The molecular formula is C12H14BrNO4S. The first-order valence-electron chi connectivity index (χ1n) is 5.77. The number of benzene rings is 1. The van der Waals surface area contributed by atoms with Gasteiger partial charge in [-0.15, -0.1) is 0 Å². The van der Waals surface area contributed by atoms with Crippen LogP contribution in [0.25, 0.3) is 0 Å². The molecule has 0 amide bonds. The Hall–Kier alpha value is -1.08. The van der Waals surface area contributed by atoms with Gasteiger partial charge in [-0.1, -0.05) is 6.07 Å². The molecule has 0 aromatic heterocycles. The maximum atomic E-state index is 11.5. The number of anilines is 1. The summed E-state index contributed by atoms with van der Waals surface area (Å²) < 4.78 is 23.5. The van der Waals surface area contributed by atoms with Crippen molar-refractivity contribution in [3.63, 3.8) is 0 Å². The van der Waals surface area contributed by atoms with Crippen LogP contribution in [0.4, 0.5) is 5.69 Å². The first-order chi connectivity index (χ1) is 8.82. The van der Waals surface area contributed by atoms with E-state index in [1.54, 1.807) is 30.1 Å². The van der Waals surface area contributed by atoms with Gasteiger partial charge in [-0.2, -0.15) is 0 Å². The molecule has 1 aromatic carbocycles. The predicted molar refractivity (Wildman–Crippen MR) is 76.6 cm³/mol. The Labute approximate surface area is 120 Å². The quantitative estimate of drug-likeness (QED) is 0.901. The minimum absolute atomic E-state index is 0.0784. The Morgan fingerprint density at radius 2 is 2.16 bits per heavy atom. The van der Waals surface area contributed by atoms with Crippen LogP contribution in [-0.2, 0) is 9.84 Å². The lowest BCUT2D eigenvalue weighted by Gasteiger charge is -2.27. The Bertz CT molecular complexity index is 614. The summed E-state index contributed by atoms with van der Waals surface area (Å²) in [7, 11) is -1.26. The van der Waals surface area contributed by atoms with E-state index in [4.69, 9.17) is 0 Å². The molecule has 1 aliphatic rings. The third-order valence-electron chi connectivity index (χ3n) is 3.34. The van der Waals surface area contributed by atoms with E-state index in [-0.39, 0.29) is 23.1 Å². The molecule has 0 radical (unpaired) electrons. The van der Waals surface area contributed by atoms with Gasteiger partial charge >= 0.3 is 5.97 Å². The first kappa shape index (κ1) is 14.3. The number of hydrogen-bond donors (Lipinski definition) is 1. The van der Waals surface area contributed by atoms with Crippen molar-refractivity contribution in [2.75, 3.05) is 23.5 Å². The van der Waals surface area contributed by atoms with Gasteiger partial charge in [0, 0.05) is 17.6 Å². The minimum Gasteiger partial charge on any atom is -0.478 e. The van der Waals surface area contributed by atoms with Crippen LogP contribution in [0.15, 0.2) is 22.7 Å². The van der Waals surface area contributed by atoms with E-state index in [2.05, 4.69) is 15.9 Å². The van der Waals surface area contributed by atoms with Crippen molar-refractivity contribution in [3.8, 4) is 0 Å². The molecule has 5 nitrogen and oxygen atoms in total. The Morgan fingerprint density at radius 1 is 1.47 bits per heavy atom. The van der Waals surface area contributed by atoms with Crippen molar-refractivity contribution in [3.05, 3.63) is 28.2 Å². The SMILES string of the molecule is CN(c1cccc(Br)c1C(=O)O)C1CCS(=O)(=O)C1. The molecule has 1 N–H and O–H groups in total. The topological polar surface area (TPSA) is 74.7 Å². The normalized spacial score (nSPS) is 21.3. The highest BCUT2D eigenvalue weighted by molar-refractivity contribution is 9.10. The Balaban J connectivity index is 2.37. The van der Waals surface area contributed by atoms with Crippen LogP contribution in [0, 0.1) is 0 Å². The molecule has 0 spiro atoms. The summed E-state index contributed by atoms with van der Waals surface area (Å²) in [6.07, 6.45) is 0.532. The van der Waals surface area contributed by atoms with Crippen LogP contribution >= 0.6 is 15.9 Å². The zero-order valence-electron chi connectivity index (χ0n) is 10.3. The monoisotopic (exact) mass is 347 g/mol. The third kappa shape index (κ3) is 2.92. The minimum atomic E-state index is -2.99. The number of sulfone groups is 1. The fourth-order valence-electron chi connectivity index (χ4n) is 2.30. The first-order valence-corrected chi connectivity index (χ1v) is 8.38. The van der Waals surface area contributed by atoms with Crippen LogP contribution in [0.3, 0.4) is 0 Å². The lowest BCUT2D eigenvalue weighted by Crippen LogP contribution is -2.33. The van der Waals surface area contributed by atoms with Gasteiger partial charge in [0.2, 0.25) is 0 Å². The van der Waals surface area contributed by atoms with E-state index in [1.807, 2.05) is 0 Å². The number of rotatable bonds is 3. The molecule has 1 atom stereocenters. The van der Waals surface area contributed by atoms with Gasteiger partial charge in [0.25, 0.3) is 0 Å². The zero-order valence-corrected chi connectivity index (χ0v) is 12.7. The van der Waals surface area contributed by atoms with E-state index >= 15 is 0 Å². The molecule has 19 heavy (non-hydrogen) atoms. The highest BCUT2D eigenvalue weighted by Crippen LogP contribution is 2.30. The molecule has 1 fully saturated rings. The number of carboxylic acid groups (broad SMARTS) is 1. The highest BCUT2D eigenvalue weighted by Gasteiger charge is 2.32. The number of aromatic carboxylic acids is 1. The van der Waals surface area contributed by atoms with Gasteiger partial charge in [0.15, 0.2) is 9.84 Å². The summed E-state index contributed by atoms with van der Waals surface area (Å²) in [6, 6.07) is 4.93. The summed E-state index contributed by atoms with van der Waals surface area (Å²) in [4.78, 5) is 13.1. The molecule has 1 aliphatic heterocycles. The summed E-state index contributed by atoms with van der Waals surface area (Å²) in [5.41, 5.74) is 0.693. The fourth-order valence-corrected chi connectivity index (χ4v) is 4.60. The van der Waals surface area contributed by atoms with E-state index in [1.165, 1.54) is 0 Å². The van der Waals surface area contributed by atoms with E-state index in [0.29, 0.717) is 16.6 Å². The number of nitrogens with zero attached hydrogens (tertiary/aromatic N) is 1. The second-order valence-corrected chi connectivity index (χ2v) is 7.69. The van der Waals surface area contributed by atoms with E-state index in [0.717, 1.165) is 0 Å². The van der Waals surface area contributed by atoms with Crippen molar-refractivity contribution in [2.24, 2.45) is 0 Å².